The van der Waals surface area contributed by atoms with Crippen molar-refractivity contribution in [2.45, 2.75) is 19.8 Å². The summed E-state index contributed by atoms with van der Waals surface area (Å²) >= 11 is 0. The molecular formula is C21H22N2O2. The van der Waals surface area contributed by atoms with Gasteiger partial charge in [0.2, 0.25) is 0 Å². The number of rotatable bonds is 3. The molecule has 2 heterocycles. The summed E-state index contributed by atoms with van der Waals surface area (Å²) < 4.78 is 5.68. The first-order valence-electron chi connectivity index (χ1n) is 8.84. The van der Waals surface area contributed by atoms with Crippen molar-refractivity contribution < 1.29 is 9.21 Å². The van der Waals surface area contributed by atoms with Gasteiger partial charge in [-0.3, -0.25) is 4.79 Å². The smallest absolute Gasteiger partial charge is 0.291 e. The monoisotopic (exact) mass is 334 g/mol. The summed E-state index contributed by atoms with van der Waals surface area (Å²) in [6.45, 7) is 4.35. The summed E-state index contributed by atoms with van der Waals surface area (Å²) in [5, 5.41) is 3.96. The van der Waals surface area contributed by atoms with Gasteiger partial charge in [0.25, 0.3) is 5.91 Å². The Hall–Kier alpha value is -2.75. The van der Waals surface area contributed by atoms with Gasteiger partial charge in [0, 0.05) is 18.5 Å². The zero-order chi connectivity index (χ0) is 17.2. The highest BCUT2D eigenvalue weighted by atomic mass is 16.3. The number of benzene rings is 2. The van der Waals surface area contributed by atoms with Crippen LogP contribution in [0.5, 0.6) is 0 Å². The quantitative estimate of drug-likeness (QED) is 0.739. The number of hydrogen-bond acceptors (Lipinski definition) is 3. The van der Waals surface area contributed by atoms with Gasteiger partial charge >= 0.3 is 0 Å². The SMILES string of the molecule is CC1CCN(c2ccccc2NC(=O)c2cc3ccccc3o2)CC1. The first-order valence-corrected chi connectivity index (χ1v) is 8.84. The molecule has 4 heteroatoms. The Morgan fingerprint density at radius 3 is 2.60 bits per heavy atom. The molecule has 4 nitrogen and oxygen atoms in total. The van der Waals surface area contributed by atoms with Crippen molar-refractivity contribution in [1.29, 1.82) is 0 Å². The lowest BCUT2D eigenvalue weighted by atomic mass is 9.98. The van der Waals surface area contributed by atoms with Crippen LogP contribution in [0.15, 0.2) is 59.0 Å². The van der Waals surface area contributed by atoms with E-state index in [1.165, 1.54) is 12.8 Å². The topological polar surface area (TPSA) is 45.5 Å². The van der Waals surface area contributed by atoms with E-state index >= 15 is 0 Å². The third kappa shape index (κ3) is 3.25. The molecule has 1 amide bonds. The van der Waals surface area contributed by atoms with Crippen LogP contribution in [-0.2, 0) is 0 Å². The second-order valence-electron chi connectivity index (χ2n) is 6.79. The molecule has 1 N–H and O–H groups in total. The number of carbonyl (C=O) groups excluding carboxylic acids is 1. The third-order valence-corrected chi connectivity index (χ3v) is 4.93. The van der Waals surface area contributed by atoms with Crippen molar-refractivity contribution in [2.24, 2.45) is 5.92 Å². The molecule has 0 spiro atoms. The van der Waals surface area contributed by atoms with Gasteiger partial charge in [-0.25, -0.2) is 0 Å². The van der Waals surface area contributed by atoms with Crippen LogP contribution in [0, 0.1) is 5.92 Å². The van der Waals surface area contributed by atoms with Crippen LogP contribution < -0.4 is 10.2 Å². The molecular weight excluding hydrogens is 312 g/mol. The largest absolute Gasteiger partial charge is 0.451 e. The fourth-order valence-electron chi connectivity index (χ4n) is 3.38. The summed E-state index contributed by atoms with van der Waals surface area (Å²) in [5.74, 6) is 0.894. The molecule has 3 aromatic rings. The highest BCUT2D eigenvalue weighted by molar-refractivity contribution is 6.06. The van der Waals surface area contributed by atoms with Crippen molar-refractivity contribution in [3.63, 3.8) is 0 Å². The molecule has 0 unspecified atom stereocenters. The molecule has 0 bridgehead atoms. The predicted octanol–water partition coefficient (Wildman–Crippen LogP) is 4.92. The van der Waals surface area contributed by atoms with E-state index in [4.69, 9.17) is 4.42 Å². The molecule has 128 valence electrons. The molecule has 0 aliphatic carbocycles. The van der Waals surface area contributed by atoms with E-state index in [2.05, 4.69) is 23.2 Å². The molecule has 1 fully saturated rings. The molecule has 4 rings (SSSR count). The van der Waals surface area contributed by atoms with Gasteiger partial charge in [-0.05, 0) is 43.0 Å². The highest BCUT2D eigenvalue weighted by Crippen LogP contribution is 2.30. The number of carbonyl (C=O) groups is 1. The van der Waals surface area contributed by atoms with E-state index in [-0.39, 0.29) is 5.91 Å². The van der Waals surface area contributed by atoms with Crippen LogP contribution in [0.2, 0.25) is 0 Å². The van der Waals surface area contributed by atoms with E-state index < -0.39 is 0 Å². The van der Waals surface area contributed by atoms with Crippen LogP contribution in [0.25, 0.3) is 11.0 Å². The molecule has 1 aliphatic heterocycles. The zero-order valence-corrected chi connectivity index (χ0v) is 14.4. The number of hydrogen-bond donors (Lipinski definition) is 1. The summed E-state index contributed by atoms with van der Waals surface area (Å²) in [4.78, 5) is 15.0. The van der Waals surface area contributed by atoms with Gasteiger partial charge in [0.1, 0.15) is 5.58 Å². The first-order chi connectivity index (χ1) is 12.2. The number of fused-ring (bicyclic) bond motifs is 1. The molecule has 0 radical (unpaired) electrons. The Morgan fingerprint density at radius 2 is 1.80 bits per heavy atom. The predicted molar refractivity (Wildman–Crippen MR) is 101 cm³/mol. The number of nitrogens with one attached hydrogen (secondary N) is 1. The summed E-state index contributed by atoms with van der Waals surface area (Å²) in [6, 6.07) is 17.4. The van der Waals surface area contributed by atoms with Crippen molar-refractivity contribution in [2.75, 3.05) is 23.3 Å². The summed E-state index contributed by atoms with van der Waals surface area (Å²) in [5.41, 5.74) is 2.65. The molecule has 2 aromatic carbocycles. The molecule has 0 atom stereocenters. The van der Waals surface area contributed by atoms with Crippen LogP contribution in [0.4, 0.5) is 11.4 Å². The second-order valence-corrected chi connectivity index (χ2v) is 6.79. The van der Waals surface area contributed by atoms with Crippen molar-refractivity contribution in [1.82, 2.24) is 0 Å². The minimum absolute atomic E-state index is 0.214. The lowest BCUT2D eigenvalue weighted by Gasteiger charge is -2.33. The van der Waals surface area contributed by atoms with Gasteiger partial charge in [-0.15, -0.1) is 0 Å². The van der Waals surface area contributed by atoms with Gasteiger partial charge in [0.15, 0.2) is 5.76 Å². The zero-order valence-electron chi connectivity index (χ0n) is 14.4. The number of piperidine rings is 1. The fourth-order valence-corrected chi connectivity index (χ4v) is 3.38. The number of anilines is 2. The number of amides is 1. The van der Waals surface area contributed by atoms with E-state index in [0.29, 0.717) is 5.76 Å². The van der Waals surface area contributed by atoms with Crippen LogP contribution >= 0.6 is 0 Å². The molecule has 25 heavy (non-hydrogen) atoms. The Labute approximate surface area is 147 Å². The Bertz CT molecular complexity index is 859. The van der Waals surface area contributed by atoms with Gasteiger partial charge in [-0.2, -0.15) is 0 Å². The maximum Gasteiger partial charge on any atom is 0.291 e. The Kier molecular flexibility index (Phi) is 4.18. The van der Waals surface area contributed by atoms with Crippen LogP contribution in [-0.4, -0.2) is 19.0 Å². The van der Waals surface area contributed by atoms with Gasteiger partial charge in [-0.1, -0.05) is 37.3 Å². The summed E-state index contributed by atoms with van der Waals surface area (Å²) in [7, 11) is 0. The van der Waals surface area contributed by atoms with Crippen LogP contribution in [0.3, 0.4) is 0 Å². The normalized spacial score (nSPS) is 15.5. The minimum Gasteiger partial charge on any atom is -0.451 e. The average Bonchev–Trinajstić information content (AvgIpc) is 3.07. The minimum atomic E-state index is -0.214. The van der Waals surface area contributed by atoms with E-state index in [1.54, 1.807) is 6.07 Å². The molecule has 1 saturated heterocycles. The maximum atomic E-state index is 12.6. The maximum absolute atomic E-state index is 12.6. The molecule has 0 saturated carbocycles. The van der Waals surface area contributed by atoms with Gasteiger partial charge in [0.05, 0.1) is 11.4 Å². The lowest BCUT2D eigenvalue weighted by Crippen LogP contribution is -2.33. The van der Waals surface area contributed by atoms with Crippen LogP contribution in [0.1, 0.15) is 30.3 Å². The molecule has 1 aliphatic rings. The third-order valence-electron chi connectivity index (χ3n) is 4.93. The van der Waals surface area contributed by atoms with E-state index in [9.17, 15) is 4.79 Å². The number of para-hydroxylation sites is 3. The lowest BCUT2D eigenvalue weighted by molar-refractivity contribution is 0.0998. The second kappa shape index (κ2) is 6.63. The Balaban J connectivity index is 1.57. The van der Waals surface area contributed by atoms with E-state index in [0.717, 1.165) is 41.4 Å². The first kappa shape index (κ1) is 15.8. The summed E-state index contributed by atoms with van der Waals surface area (Å²) in [6.07, 6.45) is 2.37. The highest BCUT2D eigenvalue weighted by Gasteiger charge is 2.20. The number of furan rings is 1. The van der Waals surface area contributed by atoms with E-state index in [1.807, 2.05) is 42.5 Å². The fraction of sp³-hybridized carbons (Fsp3) is 0.286. The average molecular weight is 334 g/mol. The van der Waals surface area contributed by atoms with Crippen molar-refractivity contribution in [3.8, 4) is 0 Å². The van der Waals surface area contributed by atoms with Crippen molar-refractivity contribution in [3.05, 3.63) is 60.4 Å². The number of nitrogens with zero attached hydrogens (tertiary/aromatic N) is 1. The Morgan fingerprint density at radius 1 is 1.08 bits per heavy atom. The van der Waals surface area contributed by atoms with Gasteiger partial charge < -0.3 is 14.6 Å². The van der Waals surface area contributed by atoms with Crippen molar-refractivity contribution >= 4 is 28.3 Å². The standard InChI is InChI=1S/C21H22N2O2/c1-15-10-12-23(13-11-15)18-8-4-3-7-17(18)22-21(24)20-14-16-6-2-5-9-19(16)25-20/h2-9,14-15H,10-13H2,1H3,(H,22,24). The molecule has 1 aromatic heterocycles.